The van der Waals surface area contributed by atoms with Crippen LogP contribution in [0.25, 0.3) is 32.5 Å². The minimum absolute atomic E-state index is 0.191. The Morgan fingerprint density at radius 1 is 0.486 bits per heavy atom. The molecule has 0 saturated heterocycles. The zero-order chi connectivity index (χ0) is 24.6. The molecule has 0 N–H and O–H groups in total. The van der Waals surface area contributed by atoms with E-state index in [4.69, 9.17) is 0 Å². The van der Waals surface area contributed by atoms with E-state index in [2.05, 4.69) is 140 Å². The number of thioether (sulfide) groups is 2. The number of fused-ring (bicyclic) bond motifs is 4. The van der Waals surface area contributed by atoms with Crippen molar-refractivity contribution in [3.63, 3.8) is 0 Å². The van der Waals surface area contributed by atoms with Crippen LogP contribution in [0.1, 0.15) is 16.4 Å². The molecular weight excluding hydrogens is 485 g/mol. The molecule has 0 spiro atoms. The second kappa shape index (κ2) is 9.63. The second-order valence-electron chi connectivity index (χ2n) is 9.34. The quantitative estimate of drug-likeness (QED) is 0.234. The van der Waals surface area contributed by atoms with Gasteiger partial charge in [-0.2, -0.15) is 0 Å². The van der Waals surface area contributed by atoms with E-state index in [1.807, 2.05) is 23.5 Å². The Balaban J connectivity index is 1.57. The van der Waals surface area contributed by atoms with Crippen molar-refractivity contribution in [1.82, 2.24) is 0 Å². The lowest BCUT2D eigenvalue weighted by atomic mass is 9.98. The van der Waals surface area contributed by atoms with Crippen LogP contribution in [0.3, 0.4) is 0 Å². The van der Waals surface area contributed by atoms with Crippen LogP contribution < -0.4 is 10.4 Å². The molecule has 37 heavy (non-hydrogen) atoms. The van der Waals surface area contributed by atoms with E-state index in [1.165, 1.54) is 57.8 Å². The van der Waals surface area contributed by atoms with Gasteiger partial charge in [0.1, 0.15) is 0 Å². The summed E-state index contributed by atoms with van der Waals surface area (Å²) in [5, 5.41) is 7.91. The van der Waals surface area contributed by atoms with Crippen LogP contribution in [0.5, 0.6) is 0 Å². The molecule has 0 aliphatic heterocycles. The summed E-state index contributed by atoms with van der Waals surface area (Å²) in [5.74, 6) is 0. The van der Waals surface area contributed by atoms with Gasteiger partial charge in [-0.05, 0) is 91.6 Å². The second-order valence-corrected chi connectivity index (χ2v) is 11.6. The lowest BCUT2D eigenvalue weighted by molar-refractivity contribution is 1.28. The van der Waals surface area contributed by atoms with Gasteiger partial charge in [-0.3, -0.25) is 0 Å². The highest BCUT2D eigenvalue weighted by Gasteiger charge is 2.22. The molecule has 0 fully saturated rings. The maximum absolute atomic E-state index is 2.48. The molecule has 0 heterocycles. The molecule has 0 nitrogen and oxygen atoms in total. The Kier molecular flexibility index (Phi) is 5.85. The predicted molar refractivity (Wildman–Crippen MR) is 161 cm³/mol. The van der Waals surface area contributed by atoms with Gasteiger partial charge in [0, 0.05) is 14.7 Å². The van der Waals surface area contributed by atoms with Gasteiger partial charge in [0.2, 0.25) is 0 Å². The lowest BCUT2D eigenvalue weighted by Crippen LogP contribution is -2.26. The van der Waals surface area contributed by atoms with Crippen LogP contribution >= 0.6 is 23.5 Å². The first-order chi connectivity index (χ1) is 18.3. The zero-order valence-corrected chi connectivity index (χ0v) is 21.8. The Labute approximate surface area is 225 Å². The van der Waals surface area contributed by atoms with Gasteiger partial charge >= 0.3 is 0 Å². The lowest BCUT2D eigenvalue weighted by Gasteiger charge is -2.19. The average molecular weight is 509 g/mol. The first kappa shape index (κ1) is 22.5. The van der Waals surface area contributed by atoms with E-state index in [1.54, 1.807) is 0 Å². The van der Waals surface area contributed by atoms with Gasteiger partial charge in [0.15, 0.2) is 0 Å². The number of rotatable bonds is 4. The molecule has 176 valence electrons. The number of hydrogen-bond donors (Lipinski definition) is 0. The molecule has 0 saturated carbocycles. The Bertz CT molecular complexity index is 1870. The van der Waals surface area contributed by atoms with E-state index in [9.17, 15) is 0 Å². The molecule has 7 rings (SSSR count). The first-order valence-corrected chi connectivity index (χ1v) is 14.2. The van der Waals surface area contributed by atoms with Crippen LogP contribution in [-0.2, 0) is 0 Å². The van der Waals surface area contributed by atoms with Gasteiger partial charge in [0.25, 0.3) is 0 Å². The minimum Gasteiger partial charge on any atom is -0.114 e. The van der Waals surface area contributed by atoms with Gasteiger partial charge in [-0.1, -0.05) is 103 Å². The number of hydrogen-bond acceptors (Lipinski definition) is 2. The van der Waals surface area contributed by atoms with Gasteiger partial charge in [0.05, 0.1) is 5.25 Å². The summed E-state index contributed by atoms with van der Waals surface area (Å²) >= 11 is 3.80. The average Bonchev–Trinajstić information content (AvgIpc) is 3.06. The molecule has 6 aromatic rings. The standard InChI is InChI=1S/C35H24S2/c1-3-15-29(16-4-1)36-34-23-28-19-24-11-7-8-12-25(24)20-31(28)35(37-30-17-5-2-6-18-30)33-22-27-14-10-9-13-26(27)21-32(33)34/h1-23,34H. The summed E-state index contributed by atoms with van der Waals surface area (Å²) in [7, 11) is 0. The normalized spacial score (nSPS) is 14.6. The van der Waals surface area contributed by atoms with Gasteiger partial charge in [-0.15, -0.1) is 11.8 Å². The van der Waals surface area contributed by atoms with Crippen LogP contribution in [0.2, 0.25) is 0 Å². The summed E-state index contributed by atoms with van der Waals surface area (Å²) in [6.07, 6.45) is 2.48. The predicted octanol–water partition coefficient (Wildman–Crippen LogP) is 8.57. The smallest absolute Gasteiger partial charge is 0.0540 e. The van der Waals surface area contributed by atoms with Gasteiger partial charge in [-0.25, -0.2) is 0 Å². The highest BCUT2D eigenvalue weighted by Crippen LogP contribution is 2.44. The minimum atomic E-state index is 0.191. The summed E-state index contributed by atoms with van der Waals surface area (Å²) in [6.45, 7) is 0. The van der Waals surface area contributed by atoms with Crippen molar-refractivity contribution < 1.29 is 0 Å². The van der Waals surface area contributed by atoms with E-state index >= 15 is 0 Å². The van der Waals surface area contributed by atoms with E-state index in [-0.39, 0.29) is 5.25 Å². The zero-order valence-electron chi connectivity index (χ0n) is 20.2. The molecule has 0 radical (unpaired) electrons. The third-order valence-electron chi connectivity index (χ3n) is 6.93. The van der Waals surface area contributed by atoms with Crippen molar-refractivity contribution in [3.05, 3.63) is 155 Å². The number of benzene rings is 6. The molecule has 1 aliphatic rings. The van der Waals surface area contributed by atoms with Crippen molar-refractivity contribution in [2.45, 2.75) is 15.0 Å². The van der Waals surface area contributed by atoms with Crippen molar-refractivity contribution in [2.75, 3.05) is 0 Å². The molecule has 1 unspecified atom stereocenters. The third kappa shape index (κ3) is 4.37. The largest absolute Gasteiger partial charge is 0.114 e. The van der Waals surface area contributed by atoms with Crippen LogP contribution in [0.15, 0.2) is 143 Å². The first-order valence-electron chi connectivity index (χ1n) is 12.5. The molecule has 0 amide bonds. The Morgan fingerprint density at radius 3 is 1.70 bits per heavy atom. The van der Waals surface area contributed by atoms with Crippen molar-refractivity contribution in [2.24, 2.45) is 0 Å². The summed E-state index contributed by atoms with van der Waals surface area (Å²) in [6, 6.07) is 48.6. The molecular formula is C35H24S2. The summed E-state index contributed by atoms with van der Waals surface area (Å²) in [5.41, 5.74) is 2.69. The Morgan fingerprint density at radius 2 is 1.03 bits per heavy atom. The molecule has 0 aromatic heterocycles. The van der Waals surface area contributed by atoms with Crippen molar-refractivity contribution >= 4 is 56.0 Å². The highest BCUT2D eigenvalue weighted by molar-refractivity contribution is 8.08. The highest BCUT2D eigenvalue weighted by atomic mass is 32.2. The molecule has 0 bridgehead atoms. The Hall–Kier alpha value is -3.72. The monoisotopic (exact) mass is 508 g/mol. The van der Waals surface area contributed by atoms with Crippen molar-refractivity contribution in [1.29, 1.82) is 0 Å². The topological polar surface area (TPSA) is 0 Å². The molecule has 2 heteroatoms. The third-order valence-corrected chi connectivity index (χ3v) is 9.27. The van der Waals surface area contributed by atoms with Crippen LogP contribution in [-0.4, -0.2) is 0 Å². The van der Waals surface area contributed by atoms with E-state index < -0.39 is 0 Å². The fourth-order valence-electron chi connectivity index (χ4n) is 5.14. The fourth-order valence-corrected chi connectivity index (χ4v) is 7.39. The fraction of sp³-hybridized carbons (Fsp3) is 0.0286. The van der Waals surface area contributed by atoms with Crippen LogP contribution in [0, 0.1) is 0 Å². The van der Waals surface area contributed by atoms with Crippen LogP contribution in [0.4, 0.5) is 0 Å². The molecule has 1 aliphatic carbocycles. The SMILES string of the molecule is C1=c2cc3ccccc3cc2=C(Sc2ccccc2)c2cc3ccccc3cc2C1Sc1ccccc1. The summed E-state index contributed by atoms with van der Waals surface area (Å²) < 4.78 is 0. The maximum Gasteiger partial charge on any atom is 0.0540 e. The molecule has 1 atom stereocenters. The van der Waals surface area contributed by atoms with Gasteiger partial charge < -0.3 is 0 Å². The summed E-state index contributed by atoms with van der Waals surface area (Å²) in [4.78, 5) is 3.86. The van der Waals surface area contributed by atoms with E-state index in [0.717, 1.165) is 0 Å². The maximum atomic E-state index is 2.48. The molecule has 6 aromatic carbocycles. The van der Waals surface area contributed by atoms with E-state index in [0.29, 0.717) is 0 Å². The van der Waals surface area contributed by atoms with Crippen molar-refractivity contribution in [3.8, 4) is 0 Å².